The molecule has 5 nitrogen and oxygen atoms in total. The first-order chi connectivity index (χ1) is 13.0. The van der Waals surface area contributed by atoms with Gasteiger partial charge in [-0.05, 0) is 23.8 Å². The smallest absolute Gasteiger partial charge is 0.353 e. The molecular formula is C19H18F3N5. The second-order valence-electron chi connectivity index (χ2n) is 6.49. The molecule has 8 heteroatoms. The molecule has 0 spiro atoms. The third-order valence-corrected chi connectivity index (χ3v) is 4.69. The minimum atomic E-state index is -4.43. The first kappa shape index (κ1) is 17.7. The number of aromatic nitrogens is 3. The zero-order chi connectivity index (χ0) is 18.9. The molecule has 3 heterocycles. The molecule has 1 saturated heterocycles. The highest BCUT2D eigenvalue weighted by Crippen LogP contribution is 2.30. The van der Waals surface area contributed by atoms with Gasteiger partial charge in [-0.2, -0.15) is 13.2 Å². The molecule has 0 bridgehead atoms. The monoisotopic (exact) mass is 373 g/mol. The fourth-order valence-electron chi connectivity index (χ4n) is 3.30. The van der Waals surface area contributed by atoms with Crippen molar-refractivity contribution in [3.8, 4) is 0 Å². The first-order valence-corrected chi connectivity index (χ1v) is 8.71. The molecule has 1 aliphatic rings. The largest absolute Gasteiger partial charge is 0.433 e. The minimum Gasteiger partial charge on any atom is -0.353 e. The Morgan fingerprint density at radius 2 is 1.63 bits per heavy atom. The average Bonchev–Trinajstić information content (AvgIpc) is 2.68. The van der Waals surface area contributed by atoms with Gasteiger partial charge in [0.1, 0.15) is 11.5 Å². The number of pyridine rings is 1. The first-order valence-electron chi connectivity index (χ1n) is 8.71. The van der Waals surface area contributed by atoms with Gasteiger partial charge in [0.25, 0.3) is 0 Å². The maximum absolute atomic E-state index is 13.1. The van der Waals surface area contributed by atoms with Crippen molar-refractivity contribution < 1.29 is 13.2 Å². The number of halogens is 3. The molecule has 27 heavy (non-hydrogen) atoms. The number of anilines is 1. The van der Waals surface area contributed by atoms with Crippen LogP contribution in [0.25, 0.3) is 11.0 Å². The number of hydrogen-bond donors (Lipinski definition) is 0. The lowest BCUT2D eigenvalue weighted by Crippen LogP contribution is -2.46. The molecule has 4 rings (SSSR count). The lowest BCUT2D eigenvalue weighted by molar-refractivity contribution is -0.142. The van der Waals surface area contributed by atoms with E-state index in [4.69, 9.17) is 0 Å². The summed E-state index contributed by atoms with van der Waals surface area (Å²) in [5.41, 5.74) is 1.09. The van der Waals surface area contributed by atoms with E-state index in [1.54, 1.807) is 12.3 Å². The van der Waals surface area contributed by atoms with Crippen LogP contribution in [-0.2, 0) is 12.7 Å². The molecule has 3 aromatic rings. The second-order valence-corrected chi connectivity index (χ2v) is 6.49. The summed E-state index contributed by atoms with van der Waals surface area (Å²) in [7, 11) is 0. The van der Waals surface area contributed by atoms with Crippen molar-refractivity contribution in [3.05, 3.63) is 60.0 Å². The van der Waals surface area contributed by atoms with Crippen LogP contribution < -0.4 is 4.90 Å². The molecule has 1 aliphatic heterocycles. The third-order valence-electron chi connectivity index (χ3n) is 4.69. The Balaban J connectivity index is 1.43. The van der Waals surface area contributed by atoms with E-state index >= 15 is 0 Å². The SMILES string of the molecule is FC(F)(F)c1ncccc1CN1CCN(c2cnc3ccccc3n2)CC1. The topological polar surface area (TPSA) is 45.2 Å². The molecule has 140 valence electrons. The van der Waals surface area contributed by atoms with Crippen LogP contribution in [0.2, 0.25) is 0 Å². The molecule has 0 unspecified atom stereocenters. The Bertz CT molecular complexity index is 936. The molecule has 2 aromatic heterocycles. The maximum Gasteiger partial charge on any atom is 0.433 e. The number of nitrogens with zero attached hydrogens (tertiary/aromatic N) is 5. The zero-order valence-corrected chi connectivity index (χ0v) is 14.5. The van der Waals surface area contributed by atoms with Crippen molar-refractivity contribution in [2.75, 3.05) is 31.1 Å². The van der Waals surface area contributed by atoms with Crippen molar-refractivity contribution in [1.82, 2.24) is 19.9 Å². The Morgan fingerprint density at radius 1 is 0.889 bits per heavy atom. The molecule has 1 aromatic carbocycles. The predicted octanol–water partition coefficient (Wildman–Crippen LogP) is 3.37. The van der Waals surface area contributed by atoms with Crippen LogP contribution in [0.15, 0.2) is 48.8 Å². The number of benzene rings is 1. The standard InChI is InChI=1S/C19H18F3N5/c20-19(21,22)18-14(4-3-7-23-18)13-26-8-10-27(11-9-26)17-12-24-15-5-1-2-6-16(15)25-17/h1-7,12H,8-11,13H2. The van der Waals surface area contributed by atoms with Gasteiger partial charge in [-0.15, -0.1) is 0 Å². The molecule has 0 amide bonds. The van der Waals surface area contributed by atoms with E-state index in [-0.39, 0.29) is 12.1 Å². The number of rotatable bonds is 3. The van der Waals surface area contributed by atoms with E-state index in [0.717, 1.165) is 16.9 Å². The quantitative estimate of drug-likeness (QED) is 0.704. The summed E-state index contributed by atoms with van der Waals surface area (Å²) in [6.07, 6.45) is -1.50. The highest BCUT2D eigenvalue weighted by atomic mass is 19.4. The van der Waals surface area contributed by atoms with Gasteiger partial charge in [0.05, 0.1) is 17.2 Å². The lowest BCUT2D eigenvalue weighted by Gasteiger charge is -2.35. The fourth-order valence-corrected chi connectivity index (χ4v) is 3.30. The minimum absolute atomic E-state index is 0.212. The summed E-state index contributed by atoms with van der Waals surface area (Å²) in [6.45, 7) is 2.92. The van der Waals surface area contributed by atoms with Gasteiger partial charge in [-0.1, -0.05) is 18.2 Å². The van der Waals surface area contributed by atoms with Gasteiger partial charge in [-0.25, -0.2) is 4.98 Å². The summed E-state index contributed by atoms with van der Waals surface area (Å²) < 4.78 is 39.3. The highest BCUT2D eigenvalue weighted by molar-refractivity contribution is 5.75. The van der Waals surface area contributed by atoms with E-state index in [0.29, 0.717) is 26.2 Å². The van der Waals surface area contributed by atoms with E-state index in [1.807, 2.05) is 29.2 Å². The van der Waals surface area contributed by atoms with Crippen molar-refractivity contribution in [3.63, 3.8) is 0 Å². The Hall–Kier alpha value is -2.74. The van der Waals surface area contributed by atoms with Gasteiger partial charge in [0, 0.05) is 38.9 Å². The summed E-state index contributed by atoms with van der Waals surface area (Å²) in [5.74, 6) is 0.797. The maximum atomic E-state index is 13.1. The van der Waals surface area contributed by atoms with Gasteiger partial charge >= 0.3 is 6.18 Å². The second kappa shape index (κ2) is 7.11. The number of fused-ring (bicyclic) bond motifs is 1. The molecule has 0 atom stereocenters. The van der Waals surface area contributed by atoms with Crippen molar-refractivity contribution in [1.29, 1.82) is 0 Å². The molecular weight excluding hydrogens is 355 g/mol. The van der Waals surface area contributed by atoms with Crippen molar-refractivity contribution >= 4 is 16.9 Å². The van der Waals surface area contributed by atoms with E-state index < -0.39 is 11.9 Å². The molecule has 0 N–H and O–H groups in total. The van der Waals surface area contributed by atoms with Crippen LogP contribution >= 0.6 is 0 Å². The van der Waals surface area contributed by atoms with E-state index in [1.165, 1.54) is 12.3 Å². The van der Waals surface area contributed by atoms with Crippen LogP contribution in [0, 0.1) is 0 Å². The van der Waals surface area contributed by atoms with Crippen LogP contribution in [0.1, 0.15) is 11.3 Å². The molecule has 0 radical (unpaired) electrons. The molecule has 1 fully saturated rings. The van der Waals surface area contributed by atoms with Crippen molar-refractivity contribution in [2.45, 2.75) is 12.7 Å². The van der Waals surface area contributed by atoms with Gasteiger partial charge in [0.2, 0.25) is 0 Å². The Morgan fingerprint density at radius 3 is 2.37 bits per heavy atom. The fraction of sp³-hybridized carbons (Fsp3) is 0.316. The summed E-state index contributed by atoms with van der Waals surface area (Å²) in [6, 6.07) is 10.7. The number of hydrogen-bond acceptors (Lipinski definition) is 5. The van der Waals surface area contributed by atoms with E-state index in [2.05, 4.69) is 19.9 Å². The Kier molecular flexibility index (Phi) is 4.65. The normalized spacial score (nSPS) is 16.0. The number of piperazine rings is 1. The molecule has 0 aliphatic carbocycles. The summed E-state index contributed by atoms with van der Waals surface area (Å²) in [5, 5.41) is 0. The summed E-state index contributed by atoms with van der Waals surface area (Å²) >= 11 is 0. The number of alkyl halides is 3. The van der Waals surface area contributed by atoms with Crippen LogP contribution in [-0.4, -0.2) is 46.0 Å². The van der Waals surface area contributed by atoms with Crippen LogP contribution in [0.4, 0.5) is 19.0 Å². The Labute approximate surface area is 154 Å². The molecule has 0 saturated carbocycles. The number of para-hydroxylation sites is 2. The van der Waals surface area contributed by atoms with Gasteiger partial charge in [-0.3, -0.25) is 14.9 Å². The summed E-state index contributed by atoms with van der Waals surface area (Å²) in [4.78, 5) is 16.7. The van der Waals surface area contributed by atoms with Crippen LogP contribution in [0.5, 0.6) is 0 Å². The van der Waals surface area contributed by atoms with Gasteiger partial charge < -0.3 is 4.90 Å². The third kappa shape index (κ3) is 3.85. The zero-order valence-electron chi connectivity index (χ0n) is 14.5. The van der Waals surface area contributed by atoms with Crippen LogP contribution in [0.3, 0.4) is 0 Å². The van der Waals surface area contributed by atoms with E-state index in [9.17, 15) is 13.2 Å². The van der Waals surface area contributed by atoms with Crippen molar-refractivity contribution in [2.24, 2.45) is 0 Å². The van der Waals surface area contributed by atoms with Gasteiger partial charge in [0.15, 0.2) is 0 Å². The lowest BCUT2D eigenvalue weighted by atomic mass is 10.1. The predicted molar refractivity (Wildman–Crippen MR) is 96.3 cm³/mol. The average molecular weight is 373 g/mol. The highest BCUT2D eigenvalue weighted by Gasteiger charge is 2.35.